The summed E-state index contributed by atoms with van der Waals surface area (Å²) in [6.45, 7) is 0.392. The Balaban J connectivity index is 1.76. The summed E-state index contributed by atoms with van der Waals surface area (Å²) in [5, 5.41) is 22.5. The van der Waals surface area contributed by atoms with Gasteiger partial charge in [0.15, 0.2) is 5.11 Å². The average molecular weight is 462 g/mol. The van der Waals surface area contributed by atoms with Crippen molar-refractivity contribution in [3.63, 3.8) is 0 Å². The first-order valence-corrected chi connectivity index (χ1v) is 10.7. The fourth-order valence-corrected chi connectivity index (χ4v) is 5.11. The highest BCUT2D eigenvalue weighted by molar-refractivity contribution is 7.80. The van der Waals surface area contributed by atoms with Crippen LogP contribution < -0.4 is 15.4 Å². The molecule has 1 amide bonds. The Morgan fingerprint density at radius 2 is 1.81 bits per heavy atom. The maximum atomic E-state index is 12.3. The van der Waals surface area contributed by atoms with Gasteiger partial charge < -0.3 is 30.5 Å². The van der Waals surface area contributed by atoms with E-state index >= 15 is 0 Å². The quantitative estimate of drug-likeness (QED) is 0.585. The smallest absolute Gasteiger partial charge is 0.222 e. The number of hydrogen-bond donors (Lipinski definition) is 3. The molecule has 7 nitrogen and oxygen atoms in total. The van der Waals surface area contributed by atoms with Crippen LogP contribution in [0.25, 0.3) is 0 Å². The minimum atomic E-state index is -1.09. The van der Waals surface area contributed by atoms with E-state index in [9.17, 15) is 15.0 Å². The molecule has 9 heteroatoms. The summed E-state index contributed by atoms with van der Waals surface area (Å²) in [5.74, 6) is -0.484. The van der Waals surface area contributed by atoms with Gasteiger partial charge in [-0.2, -0.15) is 0 Å². The lowest BCUT2D eigenvalue weighted by molar-refractivity contribution is -0.129. The van der Waals surface area contributed by atoms with Gasteiger partial charge in [0, 0.05) is 17.3 Å². The molecule has 0 radical (unpaired) electrons. The number of aliphatic hydroxyl groups is 2. The van der Waals surface area contributed by atoms with Crippen LogP contribution in [0.15, 0.2) is 48.5 Å². The standard InChI is InChI=1S/C22H24ClN3O4S/c1-30-15-8-2-12(3-9-15)11-25-19-18(16(21(24)29)10-17(27)20(19)28)26(22(25)31)14-6-4-13(23)5-7-14/h2-9,16-20,27-28H,10-11H2,1H3,(H2,24,29)/t16-,17-,18-,19-,20+/m1/s1. The molecule has 1 aliphatic carbocycles. The van der Waals surface area contributed by atoms with E-state index in [0.29, 0.717) is 16.7 Å². The summed E-state index contributed by atoms with van der Waals surface area (Å²) in [6.07, 6.45) is -2.10. The molecule has 2 aromatic carbocycles. The molecule has 0 spiro atoms. The van der Waals surface area contributed by atoms with Crippen molar-refractivity contribution in [3.8, 4) is 5.75 Å². The fraction of sp³-hybridized carbons (Fsp3) is 0.364. The minimum absolute atomic E-state index is 0.0702. The highest BCUT2D eigenvalue weighted by Gasteiger charge is 2.56. The summed E-state index contributed by atoms with van der Waals surface area (Å²) in [5.41, 5.74) is 7.41. The number of amides is 1. The third kappa shape index (κ3) is 3.96. The lowest BCUT2D eigenvalue weighted by Gasteiger charge is -2.42. The van der Waals surface area contributed by atoms with E-state index in [2.05, 4.69) is 0 Å². The first kappa shape index (κ1) is 21.8. The second kappa shape index (κ2) is 8.63. The maximum absolute atomic E-state index is 12.3. The van der Waals surface area contributed by atoms with E-state index in [1.807, 2.05) is 46.2 Å². The second-order valence-electron chi connectivity index (χ2n) is 7.89. The zero-order valence-electron chi connectivity index (χ0n) is 16.9. The molecule has 1 saturated carbocycles. The Kier molecular flexibility index (Phi) is 6.07. The first-order chi connectivity index (χ1) is 14.8. The number of halogens is 1. The molecule has 5 atom stereocenters. The molecule has 0 aromatic heterocycles. The van der Waals surface area contributed by atoms with E-state index in [4.69, 9.17) is 34.3 Å². The summed E-state index contributed by atoms with van der Waals surface area (Å²) in [4.78, 5) is 16.0. The van der Waals surface area contributed by atoms with Crippen LogP contribution in [0.2, 0.25) is 5.02 Å². The number of benzene rings is 2. The SMILES string of the molecule is COc1ccc(CN2C(=S)N(c3ccc(Cl)cc3)[C@H]3[C@@H]2[C@@H](O)[C@H](O)C[C@H]3C(N)=O)cc1. The molecule has 0 bridgehead atoms. The molecule has 4 N–H and O–H groups in total. The molecule has 2 aromatic rings. The van der Waals surface area contributed by atoms with Gasteiger partial charge in [-0.25, -0.2) is 0 Å². The minimum Gasteiger partial charge on any atom is -0.497 e. The summed E-state index contributed by atoms with van der Waals surface area (Å²) >= 11 is 11.9. The molecule has 31 heavy (non-hydrogen) atoms. The number of rotatable bonds is 5. The van der Waals surface area contributed by atoms with Gasteiger partial charge in [-0.3, -0.25) is 4.79 Å². The fourth-order valence-electron chi connectivity index (χ4n) is 4.57. The lowest BCUT2D eigenvalue weighted by Crippen LogP contribution is -2.60. The molecule has 0 unspecified atom stereocenters. The Morgan fingerprint density at radius 3 is 2.39 bits per heavy atom. The topological polar surface area (TPSA) is 99.3 Å². The van der Waals surface area contributed by atoms with Gasteiger partial charge >= 0.3 is 0 Å². The van der Waals surface area contributed by atoms with Crippen molar-refractivity contribution in [2.45, 2.75) is 37.3 Å². The number of primary amides is 1. The number of nitrogens with two attached hydrogens (primary N) is 1. The third-order valence-electron chi connectivity index (χ3n) is 6.09. The molecule has 2 fully saturated rings. The van der Waals surface area contributed by atoms with E-state index in [-0.39, 0.29) is 6.42 Å². The Morgan fingerprint density at radius 1 is 1.16 bits per heavy atom. The van der Waals surface area contributed by atoms with Crippen LogP contribution in [-0.4, -0.2) is 57.5 Å². The number of aliphatic hydroxyl groups excluding tert-OH is 2. The molecule has 2 aliphatic rings. The van der Waals surface area contributed by atoms with Gasteiger partial charge in [-0.1, -0.05) is 23.7 Å². The Labute approximate surface area is 191 Å². The predicted molar refractivity (Wildman–Crippen MR) is 122 cm³/mol. The Bertz CT molecular complexity index is 972. The van der Waals surface area contributed by atoms with Gasteiger partial charge in [-0.05, 0) is 60.6 Å². The predicted octanol–water partition coefficient (Wildman–Crippen LogP) is 1.92. The molecule has 1 saturated heterocycles. The molecule has 164 valence electrons. The van der Waals surface area contributed by atoms with Crippen molar-refractivity contribution in [2.75, 3.05) is 12.0 Å². The zero-order valence-corrected chi connectivity index (χ0v) is 18.5. The highest BCUT2D eigenvalue weighted by atomic mass is 35.5. The first-order valence-electron chi connectivity index (χ1n) is 9.95. The average Bonchev–Trinajstić information content (AvgIpc) is 3.04. The van der Waals surface area contributed by atoms with E-state index < -0.39 is 36.1 Å². The number of methoxy groups -OCH3 is 1. The van der Waals surface area contributed by atoms with Crippen LogP contribution in [0.5, 0.6) is 5.75 Å². The molecular weight excluding hydrogens is 438 g/mol. The van der Waals surface area contributed by atoms with Crippen molar-refractivity contribution in [2.24, 2.45) is 11.7 Å². The van der Waals surface area contributed by atoms with Crippen LogP contribution in [0, 0.1) is 5.92 Å². The van der Waals surface area contributed by atoms with E-state index in [1.165, 1.54) is 0 Å². The van der Waals surface area contributed by atoms with Crippen LogP contribution in [0.1, 0.15) is 12.0 Å². The molecular formula is C22H24ClN3O4S. The normalized spacial score (nSPS) is 27.9. The number of ether oxygens (including phenoxy) is 1. The summed E-state index contributed by atoms with van der Waals surface area (Å²) < 4.78 is 5.22. The summed E-state index contributed by atoms with van der Waals surface area (Å²) in [7, 11) is 1.60. The van der Waals surface area contributed by atoms with Crippen molar-refractivity contribution in [1.29, 1.82) is 0 Å². The van der Waals surface area contributed by atoms with Gasteiger partial charge in [0.05, 0.1) is 31.2 Å². The molecule has 1 heterocycles. The number of nitrogens with zero attached hydrogens (tertiary/aromatic N) is 2. The van der Waals surface area contributed by atoms with Gasteiger partial charge in [0.1, 0.15) is 11.9 Å². The molecule has 4 rings (SSSR count). The zero-order chi connectivity index (χ0) is 22.3. The van der Waals surface area contributed by atoms with E-state index in [1.54, 1.807) is 19.2 Å². The maximum Gasteiger partial charge on any atom is 0.222 e. The van der Waals surface area contributed by atoms with Gasteiger partial charge in [-0.15, -0.1) is 0 Å². The number of fused-ring (bicyclic) bond motifs is 1. The largest absolute Gasteiger partial charge is 0.497 e. The number of hydrogen-bond acceptors (Lipinski definition) is 5. The summed E-state index contributed by atoms with van der Waals surface area (Å²) in [6, 6.07) is 13.5. The molecule has 1 aliphatic heterocycles. The number of carbonyl (C=O) groups is 1. The second-order valence-corrected chi connectivity index (χ2v) is 8.69. The van der Waals surface area contributed by atoms with Crippen LogP contribution in [0.3, 0.4) is 0 Å². The highest BCUT2D eigenvalue weighted by Crippen LogP contribution is 2.41. The lowest BCUT2D eigenvalue weighted by atomic mass is 9.76. The van der Waals surface area contributed by atoms with Crippen molar-refractivity contribution in [3.05, 3.63) is 59.1 Å². The van der Waals surface area contributed by atoms with Crippen LogP contribution >= 0.6 is 23.8 Å². The number of anilines is 1. The van der Waals surface area contributed by atoms with Crippen molar-refractivity contribution >= 4 is 40.5 Å². The number of thiocarbonyl (C=S) groups is 1. The Hall–Kier alpha value is -2.39. The van der Waals surface area contributed by atoms with E-state index in [0.717, 1.165) is 17.0 Å². The van der Waals surface area contributed by atoms with Gasteiger partial charge in [0.2, 0.25) is 5.91 Å². The van der Waals surface area contributed by atoms with Crippen molar-refractivity contribution < 1.29 is 19.7 Å². The van der Waals surface area contributed by atoms with Crippen molar-refractivity contribution in [1.82, 2.24) is 4.90 Å². The number of carbonyl (C=O) groups excluding carboxylic acids is 1. The monoisotopic (exact) mass is 461 g/mol. The van der Waals surface area contributed by atoms with Gasteiger partial charge in [0.25, 0.3) is 0 Å². The third-order valence-corrected chi connectivity index (χ3v) is 6.78. The van der Waals surface area contributed by atoms with Crippen LogP contribution in [0.4, 0.5) is 5.69 Å². The van der Waals surface area contributed by atoms with Crippen LogP contribution in [-0.2, 0) is 11.3 Å².